The highest BCUT2D eigenvalue weighted by Crippen LogP contribution is 2.36. The summed E-state index contributed by atoms with van der Waals surface area (Å²) in [5.74, 6) is 2.81. The standard InChI is InChI=1S/C19H17N3O2S/c1-24-17-10-6-5-9-14(17)19(23)20-18-15-11-25-12-16(15)21-22(18)13-7-3-2-4-8-13/h2-10H,11-12H2,1H3,(H,20,23). The third kappa shape index (κ3) is 2.89. The van der Waals surface area contributed by atoms with Crippen molar-refractivity contribution in [2.24, 2.45) is 0 Å². The van der Waals surface area contributed by atoms with Gasteiger partial charge < -0.3 is 10.1 Å². The van der Waals surface area contributed by atoms with Gasteiger partial charge in [0.25, 0.3) is 5.91 Å². The number of amides is 1. The summed E-state index contributed by atoms with van der Waals surface area (Å²) in [6, 6.07) is 17.1. The van der Waals surface area contributed by atoms with Crippen molar-refractivity contribution in [2.75, 3.05) is 12.4 Å². The molecule has 1 N–H and O–H groups in total. The highest BCUT2D eigenvalue weighted by atomic mass is 32.2. The van der Waals surface area contributed by atoms with Gasteiger partial charge in [-0.05, 0) is 24.3 Å². The van der Waals surface area contributed by atoms with E-state index in [-0.39, 0.29) is 5.91 Å². The molecule has 1 aliphatic heterocycles. The fourth-order valence-electron chi connectivity index (χ4n) is 2.90. The van der Waals surface area contributed by atoms with Crippen molar-refractivity contribution < 1.29 is 9.53 Å². The van der Waals surface area contributed by atoms with Crippen LogP contribution in [0.5, 0.6) is 5.75 Å². The van der Waals surface area contributed by atoms with Crippen LogP contribution in [0.2, 0.25) is 0 Å². The van der Waals surface area contributed by atoms with Crippen LogP contribution in [0.1, 0.15) is 21.6 Å². The van der Waals surface area contributed by atoms with Gasteiger partial charge in [-0.25, -0.2) is 4.68 Å². The van der Waals surface area contributed by atoms with Gasteiger partial charge in [-0.15, -0.1) is 0 Å². The van der Waals surface area contributed by atoms with E-state index >= 15 is 0 Å². The van der Waals surface area contributed by atoms with Gasteiger partial charge in [0.1, 0.15) is 11.6 Å². The van der Waals surface area contributed by atoms with Crippen LogP contribution in [0.25, 0.3) is 5.69 Å². The third-order valence-electron chi connectivity index (χ3n) is 4.14. The van der Waals surface area contributed by atoms with Crippen LogP contribution < -0.4 is 10.1 Å². The Labute approximate surface area is 150 Å². The molecule has 0 bridgehead atoms. The molecule has 3 aromatic rings. The highest BCUT2D eigenvalue weighted by molar-refractivity contribution is 7.98. The summed E-state index contributed by atoms with van der Waals surface area (Å²) in [5, 5.41) is 7.75. The smallest absolute Gasteiger partial charge is 0.260 e. The molecule has 0 aliphatic carbocycles. The molecule has 25 heavy (non-hydrogen) atoms. The molecular weight excluding hydrogens is 334 g/mol. The molecular formula is C19H17N3O2S. The number of carbonyl (C=O) groups is 1. The Hall–Kier alpha value is -2.73. The van der Waals surface area contributed by atoms with Gasteiger partial charge in [0.05, 0.1) is 24.1 Å². The number of nitrogens with zero attached hydrogens (tertiary/aromatic N) is 2. The zero-order valence-corrected chi connectivity index (χ0v) is 14.5. The Morgan fingerprint density at radius 2 is 1.88 bits per heavy atom. The van der Waals surface area contributed by atoms with Crippen molar-refractivity contribution in [1.82, 2.24) is 9.78 Å². The molecule has 0 unspecified atom stereocenters. The number of benzene rings is 2. The average Bonchev–Trinajstić information content (AvgIpc) is 3.25. The summed E-state index contributed by atoms with van der Waals surface area (Å²) in [4.78, 5) is 12.8. The van der Waals surface area contributed by atoms with E-state index in [0.717, 1.165) is 34.3 Å². The second-order valence-electron chi connectivity index (χ2n) is 5.67. The predicted octanol–water partition coefficient (Wildman–Crippen LogP) is 3.88. The lowest BCUT2D eigenvalue weighted by Crippen LogP contribution is -2.17. The van der Waals surface area contributed by atoms with Crippen LogP contribution in [0.15, 0.2) is 54.6 Å². The topological polar surface area (TPSA) is 56.1 Å². The molecule has 1 aliphatic rings. The molecule has 6 heteroatoms. The minimum Gasteiger partial charge on any atom is -0.496 e. The third-order valence-corrected chi connectivity index (χ3v) is 5.11. The highest BCUT2D eigenvalue weighted by Gasteiger charge is 2.25. The van der Waals surface area contributed by atoms with Gasteiger partial charge in [0.2, 0.25) is 0 Å². The SMILES string of the molecule is COc1ccccc1C(=O)Nc1c2c(nn1-c1ccccc1)CSC2. The van der Waals surface area contributed by atoms with Crippen LogP contribution in [-0.2, 0) is 11.5 Å². The number of thioether (sulfide) groups is 1. The number of rotatable bonds is 4. The van der Waals surface area contributed by atoms with Crippen LogP contribution in [0.3, 0.4) is 0 Å². The largest absolute Gasteiger partial charge is 0.496 e. The van der Waals surface area contributed by atoms with Crippen molar-refractivity contribution in [1.29, 1.82) is 0 Å². The number of anilines is 1. The molecule has 126 valence electrons. The maximum Gasteiger partial charge on any atom is 0.260 e. The predicted molar refractivity (Wildman–Crippen MR) is 99.5 cm³/mol. The quantitative estimate of drug-likeness (QED) is 0.775. The van der Waals surface area contributed by atoms with Gasteiger partial charge in [0.15, 0.2) is 0 Å². The molecule has 0 radical (unpaired) electrons. The van der Waals surface area contributed by atoms with E-state index in [9.17, 15) is 4.79 Å². The first-order chi connectivity index (χ1) is 12.3. The molecule has 1 aromatic heterocycles. The van der Waals surface area contributed by atoms with E-state index in [1.54, 1.807) is 31.0 Å². The summed E-state index contributed by atoms with van der Waals surface area (Å²) in [7, 11) is 1.56. The zero-order valence-electron chi connectivity index (χ0n) is 13.7. The summed E-state index contributed by atoms with van der Waals surface area (Å²) < 4.78 is 7.12. The van der Waals surface area contributed by atoms with Crippen LogP contribution in [0.4, 0.5) is 5.82 Å². The number of fused-ring (bicyclic) bond motifs is 1. The van der Waals surface area contributed by atoms with Crippen LogP contribution in [0, 0.1) is 0 Å². The van der Waals surface area contributed by atoms with Gasteiger partial charge >= 0.3 is 0 Å². The van der Waals surface area contributed by atoms with Crippen LogP contribution in [-0.4, -0.2) is 22.8 Å². The van der Waals surface area contributed by atoms with Gasteiger partial charge in [0, 0.05) is 17.1 Å². The molecule has 4 rings (SSSR count). The molecule has 1 amide bonds. The number of methoxy groups -OCH3 is 1. The number of hydrogen-bond donors (Lipinski definition) is 1. The zero-order chi connectivity index (χ0) is 17.2. The lowest BCUT2D eigenvalue weighted by molar-refractivity contribution is 0.102. The van der Waals surface area contributed by atoms with E-state index in [2.05, 4.69) is 5.32 Å². The van der Waals surface area contributed by atoms with Crippen molar-refractivity contribution in [3.8, 4) is 11.4 Å². The Morgan fingerprint density at radius 1 is 1.12 bits per heavy atom. The summed E-state index contributed by atoms with van der Waals surface area (Å²) in [5.41, 5.74) is 3.56. The van der Waals surface area contributed by atoms with Gasteiger partial charge in [-0.1, -0.05) is 30.3 Å². The molecule has 0 saturated carbocycles. The molecule has 0 atom stereocenters. The number of ether oxygens (including phenoxy) is 1. The molecule has 0 spiro atoms. The van der Waals surface area contributed by atoms with E-state index in [4.69, 9.17) is 9.84 Å². The van der Waals surface area contributed by atoms with Crippen molar-refractivity contribution in [2.45, 2.75) is 11.5 Å². The van der Waals surface area contributed by atoms with Crippen molar-refractivity contribution >= 4 is 23.5 Å². The number of carbonyl (C=O) groups excluding carboxylic acids is 1. The number of para-hydroxylation sites is 2. The molecule has 5 nitrogen and oxygen atoms in total. The first kappa shape index (κ1) is 15.8. The monoisotopic (exact) mass is 351 g/mol. The Morgan fingerprint density at radius 3 is 2.68 bits per heavy atom. The van der Waals surface area contributed by atoms with Crippen molar-refractivity contribution in [3.63, 3.8) is 0 Å². The molecule has 0 fully saturated rings. The Balaban J connectivity index is 1.74. The Kier molecular flexibility index (Phi) is 4.19. The van der Waals surface area contributed by atoms with Crippen LogP contribution >= 0.6 is 11.8 Å². The van der Waals surface area contributed by atoms with E-state index in [1.807, 2.05) is 47.1 Å². The lowest BCUT2D eigenvalue weighted by atomic mass is 10.2. The van der Waals surface area contributed by atoms with E-state index in [1.165, 1.54) is 0 Å². The van der Waals surface area contributed by atoms with Crippen molar-refractivity contribution in [3.05, 3.63) is 71.4 Å². The summed E-state index contributed by atoms with van der Waals surface area (Å²) in [6.45, 7) is 0. The fraction of sp³-hybridized carbons (Fsp3) is 0.158. The summed E-state index contributed by atoms with van der Waals surface area (Å²) >= 11 is 1.81. The molecule has 2 heterocycles. The minimum absolute atomic E-state index is 0.200. The first-order valence-electron chi connectivity index (χ1n) is 7.96. The number of nitrogens with one attached hydrogen (secondary N) is 1. The second kappa shape index (κ2) is 6.64. The normalized spacial score (nSPS) is 12.7. The average molecular weight is 351 g/mol. The maximum absolute atomic E-state index is 12.8. The lowest BCUT2D eigenvalue weighted by Gasteiger charge is -2.12. The van der Waals surface area contributed by atoms with E-state index < -0.39 is 0 Å². The number of aromatic nitrogens is 2. The minimum atomic E-state index is -0.200. The second-order valence-corrected chi connectivity index (χ2v) is 6.65. The summed E-state index contributed by atoms with van der Waals surface area (Å²) in [6.07, 6.45) is 0. The maximum atomic E-state index is 12.8. The molecule has 0 saturated heterocycles. The molecule has 2 aromatic carbocycles. The van der Waals surface area contributed by atoms with E-state index in [0.29, 0.717) is 11.3 Å². The first-order valence-corrected chi connectivity index (χ1v) is 9.11. The number of hydrogen-bond acceptors (Lipinski definition) is 4. The van der Waals surface area contributed by atoms with Gasteiger partial charge in [-0.2, -0.15) is 16.9 Å². The Bertz CT molecular complexity index is 922. The fourth-order valence-corrected chi connectivity index (χ4v) is 3.94. The van der Waals surface area contributed by atoms with Gasteiger partial charge in [-0.3, -0.25) is 4.79 Å².